The van der Waals surface area contributed by atoms with E-state index < -0.39 is 0 Å². The van der Waals surface area contributed by atoms with Crippen LogP contribution in [0.2, 0.25) is 0 Å². The van der Waals surface area contributed by atoms with Gasteiger partial charge in [-0.25, -0.2) is 4.68 Å². The Morgan fingerprint density at radius 2 is 1.02 bits per heavy atom. The van der Waals surface area contributed by atoms with E-state index in [9.17, 15) is 0 Å². The van der Waals surface area contributed by atoms with Crippen LogP contribution in [0.3, 0.4) is 0 Å². The maximum Gasteiger partial charge on any atom is 0.0934 e. The van der Waals surface area contributed by atoms with Crippen LogP contribution in [0.25, 0.3) is 66.5 Å². The molecule has 0 saturated heterocycles. The van der Waals surface area contributed by atoms with Crippen LogP contribution in [0.1, 0.15) is 0 Å². The second kappa shape index (κ2) is 9.11. The Bertz CT molecular complexity index is 2090. The molecule has 0 radical (unpaired) electrons. The van der Waals surface area contributed by atoms with Gasteiger partial charge in [-0.05, 0) is 53.2 Å². The Morgan fingerprint density at radius 3 is 1.75 bits per heavy atom. The van der Waals surface area contributed by atoms with Crippen LogP contribution in [0.5, 0.6) is 0 Å². The monoisotopic (exact) mass is 511 g/mol. The number of aromatic nitrogens is 3. The summed E-state index contributed by atoms with van der Waals surface area (Å²) < 4.78 is 4.43. The van der Waals surface area contributed by atoms with Crippen molar-refractivity contribution < 1.29 is 0 Å². The molecule has 0 fully saturated rings. The van der Waals surface area contributed by atoms with E-state index in [4.69, 9.17) is 5.10 Å². The van der Waals surface area contributed by atoms with E-state index in [1.807, 2.05) is 6.07 Å². The van der Waals surface area contributed by atoms with E-state index in [1.165, 1.54) is 38.1 Å². The summed E-state index contributed by atoms with van der Waals surface area (Å²) >= 11 is 0. The summed E-state index contributed by atoms with van der Waals surface area (Å²) in [6, 6.07) is 53.6. The highest BCUT2D eigenvalue weighted by atomic mass is 15.3. The number of nitrogens with zero attached hydrogens (tertiary/aromatic N) is 3. The van der Waals surface area contributed by atoms with Gasteiger partial charge in [-0.3, -0.25) is 0 Å². The number of para-hydroxylation sites is 2. The van der Waals surface area contributed by atoms with E-state index in [2.05, 4.69) is 155 Å². The maximum atomic E-state index is 5.14. The first-order chi connectivity index (χ1) is 19.8. The second-order valence-electron chi connectivity index (χ2n) is 10.1. The molecule has 8 aromatic rings. The quantitative estimate of drug-likeness (QED) is 0.231. The zero-order chi connectivity index (χ0) is 26.5. The molecule has 3 heteroatoms. The molecule has 0 spiro atoms. The smallest absolute Gasteiger partial charge is 0.0934 e. The van der Waals surface area contributed by atoms with Crippen molar-refractivity contribution in [1.82, 2.24) is 14.3 Å². The highest BCUT2D eigenvalue weighted by Crippen LogP contribution is 2.35. The van der Waals surface area contributed by atoms with Crippen LogP contribution < -0.4 is 0 Å². The van der Waals surface area contributed by atoms with E-state index in [0.717, 1.165) is 28.3 Å². The summed E-state index contributed by atoms with van der Waals surface area (Å²) in [5, 5.41) is 10.1. The Labute approximate surface area is 232 Å². The summed E-state index contributed by atoms with van der Waals surface area (Å²) in [6.07, 6.45) is 0. The molecule has 0 bridgehead atoms. The van der Waals surface area contributed by atoms with Crippen molar-refractivity contribution in [2.45, 2.75) is 0 Å². The van der Waals surface area contributed by atoms with Crippen molar-refractivity contribution in [2.24, 2.45) is 0 Å². The lowest BCUT2D eigenvalue weighted by Crippen LogP contribution is -2.01. The Balaban J connectivity index is 1.31. The van der Waals surface area contributed by atoms with Crippen LogP contribution in [-0.2, 0) is 0 Å². The molecule has 0 amide bonds. The summed E-state index contributed by atoms with van der Waals surface area (Å²) in [6.45, 7) is 0. The SMILES string of the molecule is c1ccc(-c2cc(-c3cccc4ccccc34)n(-c3ccc(-n4c5ccccc5c5ccccc54)cc3)n2)cc1. The van der Waals surface area contributed by atoms with Crippen LogP contribution >= 0.6 is 0 Å². The minimum Gasteiger partial charge on any atom is -0.309 e. The fourth-order valence-electron chi connectivity index (χ4n) is 5.91. The standard InChI is InChI=1S/C37H25N3/c1-2-12-27(13-3-1)34-25-37(31-18-10-14-26-11-4-5-15-30(26)31)40(38-34)29-23-21-28(22-24-29)39-35-19-8-6-16-32(35)33-17-7-9-20-36(33)39/h1-25H. The third-order valence-corrected chi connectivity index (χ3v) is 7.78. The van der Waals surface area contributed by atoms with E-state index in [0.29, 0.717) is 0 Å². The van der Waals surface area contributed by atoms with Crippen LogP contribution in [0.15, 0.2) is 152 Å². The molecule has 2 aromatic heterocycles. The van der Waals surface area contributed by atoms with Crippen molar-refractivity contribution in [2.75, 3.05) is 0 Å². The minimum absolute atomic E-state index is 0.954. The van der Waals surface area contributed by atoms with E-state index >= 15 is 0 Å². The van der Waals surface area contributed by atoms with Gasteiger partial charge in [-0.2, -0.15) is 5.10 Å². The van der Waals surface area contributed by atoms with Gasteiger partial charge in [-0.1, -0.05) is 109 Å². The van der Waals surface area contributed by atoms with Crippen LogP contribution in [0.4, 0.5) is 0 Å². The number of rotatable bonds is 4. The third kappa shape index (κ3) is 3.56. The predicted molar refractivity (Wildman–Crippen MR) is 166 cm³/mol. The van der Waals surface area contributed by atoms with Gasteiger partial charge >= 0.3 is 0 Å². The normalized spacial score (nSPS) is 11.5. The third-order valence-electron chi connectivity index (χ3n) is 7.78. The lowest BCUT2D eigenvalue weighted by atomic mass is 10.0. The average molecular weight is 512 g/mol. The molecule has 0 aliphatic carbocycles. The molecule has 0 atom stereocenters. The molecule has 40 heavy (non-hydrogen) atoms. The molecule has 0 aliphatic heterocycles. The van der Waals surface area contributed by atoms with Crippen molar-refractivity contribution in [3.63, 3.8) is 0 Å². The first-order valence-electron chi connectivity index (χ1n) is 13.6. The largest absolute Gasteiger partial charge is 0.309 e. The Kier molecular flexibility index (Phi) is 5.14. The molecule has 0 aliphatic rings. The van der Waals surface area contributed by atoms with Crippen molar-refractivity contribution in [3.8, 4) is 33.9 Å². The van der Waals surface area contributed by atoms with E-state index in [-0.39, 0.29) is 0 Å². The van der Waals surface area contributed by atoms with Crippen molar-refractivity contribution in [3.05, 3.63) is 152 Å². The highest BCUT2D eigenvalue weighted by Gasteiger charge is 2.16. The number of hydrogen-bond donors (Lipinski definition) is 0. The van der Waals surface area contributed by atoms with Crippen molar-refractivity contribution >= 4 is 32.6 Å². The fourth-order valence-corrected chi connectivity index (χ4v) is 5.91. The molecular weight excluding hydrogens is 486 g/mol. The molecule has 6 aromatic carbocycles. The lowest BCUT2D eigenvalue weighted by molar-refractivity contribution is 0.892. The van der Waals surface area contributed by atoms with Gasteiger partial charge in [0.1, 0.15) is 0 Å². The first-order valence-corrected chi connectivity index (χ1v) is 13.6. The number of hydrogen-bond acceptors (Lipinski definition) is 1. The van der Waals surface area contributed by atoms with Gasteiger partial charge in [0.15, 0.2) is 0 Å². The molecular formula is C37H25N3. The molecule has 0 N–H and O–H groups in total. The van der Waals surface area contributed by atoms with Crippen molar-refractivity contribution in [1.29, 1.82) is 0 Å². The summed E-state index contributed by atoms with van der Waals surface area (Å²) in [5.41, 5.74) is 8.86. The number of benzene rings is 6. The van der Waals surface area contributed by atoms with Gasteiger partial charge in [0.2, 0.25) is 0 Å². The summed E-state index contributed by atoms with van der Waals surface area (Å²) in [5.74, 6) is 0. The molecule has 3 nitrogen and oxygen atoms in total. The Morgan fingerprint density at radius 1 is 0.450 bits per heavy atom. The predicted octanol–water partition coefficient (Wildman–Crippen LogP) is 9.46. The van der Waals surface area contributed by atoms with E-state index in [1.54, 1.807) is 0 Å². The lowest BCUT2D eigenvalue weighted by Gasteiger charge is -2.12. The highest BCUT2D eigenvalue weighted by molar-refractivity contribution is 6.09. The summed E-state index contributed by atoms with van der Waals surface area (Å²) in [4.78, 5) is 0. The van der Waals surface area contributed by atoms with Gasteiger partial charge in [-0.15, -0.1) is 0 Å². The number of fused-ring (bicyclic) bond motifs is 4. The fraction of sp³-hybridized carbons (Fsp3) is 0. The van der Waals surface area contributed by atoms with Crippen LogP contribution in [0, 0.1) is 0 Å². The summed E-state index contributed by atoms with van der Waals surface area (Å²) in [7, 11) is 0. The zero-order valence-corrected chi connectivity index (χ0v) is 21.8. The minimum atomic E-state index is 0.954. The molecule has 188 valence electrons. The zero-order valence-electron chi connectivity index (χ0n) is 21.8. The topological polar surface area (TPSA) is 22.8 Å². The van der Waals surface area contributed by atoms with Crippen LogP contribution in [-0.4, -0.2) is 14.3 Å². The first kappa shape index (κ1) is 22.6. The average Bonchev–Trinajstić information content (AvgIpc) is 3.62. The molecule has 0 unspecified atom stereocenters. The molecule has 8 rings (SSSR count). The van der Waals surface area contributed by atoms with Gasteiger partial charge in [0.25, 0.3) is 0 Å². The van der Waals surface area contributed by atoms with Gasteiger partial charge in [0.05, 0.1) is 28.1 Å². The Hall–Kier alpha value is -5.41. The van der Waals surface area contributed by atoms with Gasteiger partial charge in [0, 0.05) is 27.6 Å². The maximum absolute atomic E-state index is 5.14. The molecule has 2 heterocycles. The second-order valence-corrected chi connectivity index (χ2v) is 10.1. The van der Waals surface area contributed by atoms with Gasteiger partial charge < -0.3 is 4.57 Å². The molecule has 0 saturated carbocycles.